The topological polar surface area (TPSA) is 64.4 Å². The van der Waals surface area contributed by atoms with Gasteiger partial charge in [0.25, 0.3) is 5.91 Å². The molecule has 1 aliphatic heterocycles. The van der Waals surface area contributed by atoms with Crippen molar-refractivity contribution >= 4 is 11.6 Å². The number of hydrogen-bond donors (Lipinski definition) is 2. The Bertz CT molecular complexity index is 439. The van der Waals surface area contributed by atoms with E-state index in [9.17, 15) is 4.79 Å². The molecule has 18 heavy (non-hydrogen) atoms. The van der Waals surface area contributed by atoms with E-state index in [2.05, 4.69) is 5.32 Å². The third-order valence-electron chi connectivity index (χ3n) is 3.53. The molecule has 0 aromatic heterocycles. The number of ether oxygens (including phenoxy) is 1. The van der Waals surface area contributed by atoms with Crippen molar-refractivity contribution in [1.82, 2.24) is 5.32 Å². The number of anilines is 1. The number of nitrogens with one attached hydrogen (secondary N) is 1. The van der Waals surface area contributed by atoms with Gasteiger partial charge in [-0.2, -0.15) is 0 Å². The smallest absolute Gasteiger partial charge is 0.251 e. The van der Waals surface area contributed by atoms with Crippen LogP contribution in [0.2, 0.25) is 0 Å². The fourth-order valence-electron chi connectivity index (χ4n) is 2.29. The third-order valence-corrected chi connectivity index (χ3v) is 3.53. The molecule has 1 aromatic carbocycles. The van der Waals surface area contributed by atoms with Gasteiger partial charge in [0, 0.05) is 29.8 Å². The Morgan fingerprint density at radius 1 is 1.56 bits per heavy atom. The number of carbonyl (C=O) groups is 1. The van der Waals surface area contributed by atoms with Crippen LogP contribution in [0, 0.1) is 12.8 Å². The summed E-state index contributed by atoms with van der Waals surface area (Å²) in [5.41, 5.74) is 7.96. The van der Waals surface area contributed by atoms with Gasteiger partial charge in [-0.05, 0) is 44.0 Å². The normalized spacial score (nSPS) is 20.7. The summed E-state index contributed by atoms with van der Waals surface area (Å²) in [6.45, 7) is 5.46. The molecule has 0 radical (unpaired) electrons. The van der Waals surface area contributed by atoms with Crippen LogP contribution in [0.25, 0.3) is 0 Å². The van der Waals surface area contributed by atoms with Crippen LogP contribution in [0.1, 0.15) is 29.3 Å². The lowest BCUT2D eigenvalue weighted by atomic mass is 9.99. The maximum atomic E-state index is 12.2. The van der Waals surface area contributed by atoms with Crippen LogP contribution in [0.4, 0.5) is 5.69 Å². The van der Waals surface area contributed by atoms with Crippen molar-refractivity contribution in [2.24, 2.45) is 5.92 Å². The molecular weight excluding hydrogens is 228 g/mol. The average molecular weight is 248 g/mol. The van der Waals surface area contributed by atoms with E-state index in [1.807, 2.05) is 19.9 Å². The fraction of sp³-hybridized carbons (Fsp3) is 0.500. The third kappa shape index (κ3) is 2.82. The first-order valence-corrected chi connectivity index (χ1v) is 6.32. The van der Waals surface area contributed by atoms with Gasteiger partial charge in [-0.1, -0.05) is 0 Å². The van der Waals surface area contributed by atoms with Crippen molar-refractivity contribution in [3.8, 4) is 0 Å². The molecule has 1 heterocycles. The highest BCUT2D eigenvalue weighted by molar-refractivity contribution is 5.96. The summed E-state index contributed by atoms with van der Waals surface area (Å²) < 4.78 is 5.34. The molecule has 4 heteroatoms. The summed E-state index contributed by atoms with van der Waals surface area (Å²) in [4.78, 5) is 12.2. The number of benzene rings is 1. The lowest BCUT2D eigenvalue weighted by Gasteiger charge is -2.19. The summed E-state index contributed by atoms with van der Waals surface area (Å²) in [5, 5.41) is 3.04. The van der Waals surface area contributed by atoms with E-state index in [4.69, 9.17) is 10.5 Å². The van der Waals surface area contributed by atoms with E-state index in [0.717, 1.165) is 25.2 Å². The molecule has 1 amide bonds. The summed E-state index contributed by atoms with van der Waals surface area (Å²) in [6, 6.07) is 5.48. The average Bonchev–Trinajstić information content (AvgIpc) is 2.81. The minimum Gasteiger partial charge on any atom is -0.399 e. The molecule has 2 rings (SSSR count). The highest BCUT2D eigenvalue weighted by Gasteiger charge is 2.24. The van der Waals surface area contributed by atoms with Crippen LogP contribution in [0.5, 0.6) is 0 Å². The van der Waals surface area contributed by atoms with E-state index in [1.54, 1.807) is 12.1 Å². The Hall–Kier alpha value is -1.55. The second kappa shape index (κ2) is 5.40. The summed E-state index contributed by atoms with van der Waals surface area (Å²) >= 11 is 0. The molecule has 0 saturated carbocycles. The molecule has 0 bridgehead atoms. The van der Waals surface area contributed by atoms with Crippen molar-refractivity contribution in [2.45, 2.75) is 26.3 Å². The van der Waals surface area contributed by atoms with Gasteiger partial charge in [0.2, 0.25) is 0 Å². The maximum Gasteiger partial charge on any atom is 0.251 e. The first kappa shape index (κ1) is 12.9. The number of aryl methyl sites for hydroxylation is 1. The summed E-state index contributed by atoms with van der Waals surface area (Å²) in [6.07, 6.45) is 1.02. The van der Waals surface area contributed by atoms with Crippen molar-refractivity contribution < 1.29 is 9.53 Å². The van der Waals surface area contributed by atoms with Gasteiger partial charge in [-0.3, -0.25) is 4.79 Å². The van der Waals surface area contributed by atoms with Gasteiger partial charge in [-0.15, -0.1) is 0 Å². The van der Waals surface area contributed by atoms with Crippen LogP contribution in [-0.2, 0) is 4.74 Å². The molecule has 1 aromatic rings. The van der Waals surface area contributed by atoms with Crippen LogP contribution in [0.15, 0.2) is 18.2 Å². The molecule has 1 aliphatic rings. The molecule has 0 spiro atoms. The van der Waals surface area contributed by atoms with E-state index in [-0.39, 0.29) is 11.9 Å². The Kier molecular flexibility index (Phi) is 3.87. The van der Waals surface area contributed by atoms with Crippen LogP contribution < -0.4 is 11.1 Å². The van der Waals surface area contributed by atoms with Crippen molar-refractivity contribution in [2.75, 3.05) is 18.9 Å². The number of rotatable bonds is 3. The molecule has 0 aliphatic carbocycles. The SMILES string of the molecule is Cc1cc(N)ccc1C(=O)NC(C)C1CCOC1. The van der Waals surface area contributed by atoms with Gasteiger partial charge in [0.05, 0.1) is 6.61 Å². The van der Waals surface area contributed by atoms with Gasteiger partial charge < -0.3 is 15.8 Å². The van der Waals surface area contributed by atoms with E-state index >= 15 is 0 Å². The first-order chi connectivity index (χ1) is 8.58. The monoisotopic (exact) mass is 248 g/mol. The summed E-state index contributed by atoms with van der Waals surface area (Å²) in [7, 11) is 0. The molecule has 1 fully saturated rings. The molecule has 2 unspecified atom stereocenters. The molecule has 4 nitrogen and oxygen atoms in total. The number of nitrogen functional groups attached to an aromatic ring is 1. The van der Waals surface area contributed by atoms with Crippen LogP contribution >= 0.6 is 0 Å². The van der Waals surface area contributed by atoms with Gasteiger partial charge in [0.15, 0.2) is 0 Å². The predicted octanol–water partition coefficient (Wildman–Crippen LogP) is 1.73. The Balaban J connectivity index is 2.02. The number of carbonyl (C=O) groups excluding carboxylic acids is 1. The Morgan fingerprint density at radius 3 is 2.94 bits per heavy atom. The van der Waals surface area contributed by atoms with E-state index in [1.165, 1.54) is 0 Å². The zero-order chi connectivity index (χ0) is 13.1. The second-order valence-electron chi connectivity index (χ2n) is 4.96. The van der Waals surface area contributed by atoms with Crippen LogP contribution in [0.3, 0.4) is 0 Å². The van der Waals surface area contributed by atoms with Crippen molar-refractivity contribution in [3.05, 3.63) is 29.3 Å². The molecule has 3 N–H and O–H groups in total. The van der Waals surface area contributed by atoms with Gasteiger partial charge in [-0.25, -0.2) is 0 Å². The zero-order valence-electron chi connectivity index (χ0n) is 10.9. The molecule has 2 atom stereocenters. The zero-order valence-corrected chi connectivity index (χ0v) is 10.9. The minimum atomic E-state index is -0.0353. The van der Waals surface area contributed by atoms with Gasteiger partial charge in [0.1, 0.15) is 0 Å². The highest BCUT2D eigenvalue weighted by Crippen LogP contribution is 2.18. The minimum absolute atomic E-state index is 0.0353. The van der Waals surface area contributed by atoms with Gasteiger partial charge >= 0.3 is 0 Å². The fourth-order valence-corrected chi connectivity index (χ4v) is 2.29. The Morgan fingerprint density at radius 2 is 2.33 bits per heavy atom. The van der Waals surface area contributed by atoms with Crippen molar-refractivity contribution in [1.29, 1.82) is 0 Å². The van der Waals surface area contributed by atoms with Crippen molar-refractivity contribution in [3.63, 3.8) is 0 Å². The molecular formula is C14H20N2O2. The summed E-state index contributed by atoms with van der Waals surface area (Å²) in [5.74, 6) is 0.384. The predicted molar refractivity (Wildman–Crippen MR) is 71.4 cm³/mol. The first-order valence-electron chi connectivity index (χ1n) is 6.32. The highest BCUT2D eigenvalue weighted by atomic mass is 16.5. The molecule has 1 saturated heterocycles. The van der Waals surface area contributed by atoms with E-state index < -0.39 is 0 Å². The Labute approximate surface area is 108 Å². The maximum absolute atomic E-state index is 12.2. The lowest BCUT2D eigenvalue weighted by molar-refractivity contribution is 0.0921. The standard InChI is InChI=1S/C14H20N2O2/c1-9-7-12(15)3-4-13(9)14(17)16-10(2)11-5-6-18-8-11/h3-4,7,10-11H,5-6,8,15H2,1-2H3,(H,16,17). The van der Waals surface area contributed by atoms with Crippen LogP contribution in [-0.4, -0.2) is 25.2 Å². The largest absolute Gasteiger partial charge is 0.399 e. The van der Waals surface area contributed by atoms with E-state index in [0.29, 0.717) is 17.2 Å². The number of nitrogens with two attached hydrogens (primary N) is 1. The lowest BCUT2D eigenvalue weighted by Crippen LogP contribution is -2.38. The number of amides is 1. The number of hydrogen-bond acceptors (Lipinski definition) is 3. The second-order valence-corrected chi connectivity index (χ2v) is 4.96. The molecule has 98 valence electrons. The quantitative estimate of drug-likeness (QED) is 0.801.